The van der Waals surface area contributed by atoms with E-state index in [0.29, 0.717) is 18.8 Å². The minimum absolute atomic E-state index is 0.0919. The zero-order chi connectivity index (χ0) is 20.9. The number of hydrogen-bond donors (Lipinski definition) is 0. The van der Waals surface area contributed by atoms with Gasteiger partial charge in [0.15, 0.2) is 1.37 Å². The molecular formula is C17H21F2N3O5. The Labute approximate surface area is 156 Å². The molecule has 4 rings (SSSR count). The van der Waals surface area contributed by atoms with Gasteiger partial charge in [0.25, 0.3) is 0 Å². The lowest BCUT2D eigenvalue weighted by Gasteiger charge is -2.56. The number of nitrogens with zero attached hydrogens (tertiary/aromatic N) is 3. The smallest absolute Gasteiger partial charge is 0.410 e. The van der Waals surface area contributed by atoms with Crippen LogP contribution in [0.25, 0.3) is 0 Å². The average molecular weight is 386 g/mol. The third kappa shape index (κ3) is 4.04. The quantitative estimate of drug-likeness (QED) is 0.582. The number of amides is 1. The second kappa shape index (κ2) is 6.82. The molecule has 1 amide bonds. The van der Waals surface area contributed by atoms with E-state index in [-0.39, 0.29) is 12.1 Å². The summed E-state index contributed by atoms with van der Waals surface area (Å²) in [4.78, 5) is 26.0. The Kier molecular flexibility index (Phi) is 4.48. The second-order valence-corrected chi connectivity index (χ2v) is 7.57. The van der Waals surface area contributed by atoms with Gasteiger partial charge in [0.1, 0.15) is 5.60 Å². The van der Waals surface area contributed by atoms with Crippen LogP contribution in [0.15, 0.2) is 18.2 Å². The van der Waals surface area contributed by atoms with Gasteiger partial charge in [-0.05, 0) is 33.3 Å². The number of alkyl halides is 2. The largest absolute Gasteiger partial charge is 0.444 e. The number of anilines is 1. The van der Waals surface area contributed by atoms with E-state index in [1.807, 2.05) is 4.90 Å². The summed E-state index contributed by atoms with van der Waals surface area (Å²) in [5.41, 5.74) is -0.802. The molecular weight excluding hydrogens is 364 g/mol. The van der Waals surface area contributed by atoms with Gasteiger partial charge in [-0.25, -0.2) is 4.79 Å². The van der Waals surface area contributed by atoms with E-state index in [4.69, 9.17) is 6.11 Å². The number of nitro benzene ring substituents is 1. The first-order valence-corrected chi connectivity index (χ1v) is 8.45. The second-order valence-electron chi connectivity index (χ2n) is 7.57. The van der Waals surface area contributed by atoms with Crippen molar-refractivity contribution in [2.45, 2.75) is 51.5 Å². The first-order valence-electron chi connectivity index (χ1n) is 8.95. The standard InChI is InChI=1S/C17H21F2N3O5/c1-17(2,3)27-16(23)21-11-6-12(21)9-20(8-11)10-4-5-13(22(24)25)14(7-10)26-15(18)19/h4-5,7,11-12,15H,6,8-9H2,1-3H3/i15D. The van der Waals surface area contributed by atoms with Gasteiger partial charge in [-0.2, -0.15) is 8.78 Å². The van der Waals surface area contributed by atoms with Crippen molar-refractivity contribution in [3.05, 3.63) is 28.3 Å². The highest BCUT2D eigenvalue weighted by atomic mass is 19.3. The maximum absolute atomic E-state index is 12.9. The van der Waals surface area contributed by atoms with E-state index >= 15 is 0 Å². The summed E-state index contributed by atoms with van der Waals surface area (Å²) in [6, 6.07) is 3.46. The molecule has 0 aromatic heterocycles. The molecule has 3 fully saturated rings. The van der Waals surface area contributed by atoms with E-state index in [0.717, 1.165) is 18.6 Å². The number of carbonyl (C=O) groups excluding carboxylic acids is 1. The molecule has 1 aromatic carbocycles. The highest BCUT2D eigenvalue weighted by Gasteiger charge is 2.48. The molecule has 0 saturated carbocycles. The molecule has 0 spiro atoms. The van der Waals surface area contributed by atoms with Gasteiger partial charge in [-0.15, -0.1) is 0 Å². The van der Waals surface area contributed by atoms with E-state index in [1.165, 1.54) is 6.07 Å². The van der Waals surface area contributed by atoms with Crippen LogP contribution in [0.3, 0.4) is 0 Å². The fourth-order valence-electron chi connectivity index (χ4n) is 3.45. The number of halogens is 2. The van der Waals surface area contributed by atoms with Gasteiger partial charge in [-0.3, -0.25) is 15.0 Å². The number of benzene rings is 1. The normalized spacial score (nSPS) is 22.6. The molecule has 2 bridgehead atoms. The maximum Gasteiger partial charge on any atom is 0.410 e. The van der Waals surface area contributed by atoms with Crippen molar-refractivity contribution < 1.29 is 29.3 Å². The fourth-order valence-corrected chi connectivity index (χ4v) is 3.45. The van der Waals surface area contributed by atoms with Crippen LogP contribution in [0.5, 0.6) is 5.75 Å². The van der Waals surface area contributed by atoms with Crippen molar-refractivity contribution in [1.82, 2.24) is 4.90 Å². The number of ether oxygens (including phenoxy) is 2. The number of piperazine rings is 1. The molecule has 3 heterocycles. The number of hydrogen-bond acceptors (Lipinski definition) is 6. The molecule has 8 nitrogen and oxygen atoms in total. The SMILES string of the molecule is [2H]C(F)(F)Oc1cc(N2CC3CC(C2)N3C(=O)OC(C)(C)C)ccc1[N+](=O)[O-]. The van der Waals surface area contributed by atoms with Crippen molar-refractivity contribution >= 4 is 17.5 Å². The minimum Gasteiger partial charge on any atom is -0.444 e. The summed E-state index contributed by atoms with van der Waals surface area (Å²) >= 11 is 0. The third-order valence-electron chi connectivity index (χ3n) is 4.49. The zero-order valence-electron chi connectivity index (χ0n) is 16.1. The van der Waals surface area contributed by atoms with E-state index in [1.54, 1.807) is 25.7 Å². The van der Waals surface area contributed by atoms with Crippen molar-refractivity contribution in [2.24, 2.45) is 0 Å². The Morgan fingerprint density at radius 1 is 1.37 bits per heavy atom. The summed E-state index contributed by atoms with van der Waals surface area (Å²) < 4.78 is 42.0. The van der Waals surface area contributed by atoms with Gasteiger partial charge < -0.3 is 14.4 Å². The number of piperidine rings is 1. The molecule has 1 aromatic rings. The molecule has 2 atom stereocenters. The molecule has 0 N–H and O–H groups in total. The van der Waals surface area contributed by atoms with Crippen molar-refractivity contribution in [2.75, 3.05) is 18.0 Å². The fraction of sp³-hybridized carbons (Fsp3) is 0.588. The molecule has 0 radical (unpaired) electrons. The third-order valence-corrected chi connectivity index (χ3v) is 4.49. The monoisotopic (exact) mass is 386 g/mol. The van der Waals surface area contributed by atoms with Crippen LogP contribution in [0.1, 0.15) is 28.6 Å². The number of carbonyl (C=O) groups is 1. The Morgan fingerprint density at radius 3 is 2.52 bits per heavy atom. The highest BCUT2D eigenvalue weighted by Crippen LogP contribution is 2.38. The van der Waals surface area contributed by atoms with E-state index in [2.05, 4.69) is 4.74 Å². The van der Waals surface area contributed by atoms with Crippen molar-refractivity contribution in [3.8, 4) is 5.75 Å². The number of fused-ring (bicyclic) bond motifs is 2. The molecule has 2 unspecified atom stereocenters. The first-order chi connectivity index (χ1) is 12.8. The first kappa shape index (κ1) is 17.7. The lowest BCUT2D eigenvalue weighted by molar-refractivity contribution is -0.386. The number of nitro groups is 1. The molecule has 3 aliphatic heterocycles. The zero-order valence-corrected chi connectivity index (χ0v) is 15.1. The van der Waals surface area contributed by atoms with Crippen LogP contribution in [-0.4, -0.2) is 53.3 Å². The molecule has 3 aliphatic rings. The Hall–Kier alpha value is -2.65. The lowest BCUT2D eigenvalue weighted by atomic mass is 9.87. The van der Waals surface area contributed by atoms with Crippen molar-refractivity contribution in [1.29, 1.82) is 0 Å². The van der Waals surface area contributed by atoms with Crippen LogP contribution in [0.4, 0.5) is 25.0 Å². The summed E-state index contributed by atoms with van der Waals surface area (Å²) in [6.45, 7) is 1.93. The Morgan fingerprint density at radius 2 is 2.00 bits per heavy atom. The van der Waals surface area contributed by atoms with Crippen LogP contribution in [-0.2, 0) is 4.74 Å². The average Bonchev–Trinajstić information content (AvgIpc) is 2.51. The topological polar surface area (TPSA) is 85.2 Å². The van der Waals surface area contributed by atoms with Gasteiger partial charge in [-0.1, -0.05) is 0 Å². The van der Waals surface area contributed by atoms with Crippen LogP contribution < -0.4 is 9.64 Å². The molecule has 3 saturated heterocycles. The highest BCUT2D eigenvalue weighted by molar-refractivity contribution is 5.71. The predicted octanol–water partition coefficient (Wildman–Crippen LogP) is 3.39. The molecule has 148 valence electrons. The van der Waals surface area contributed by atoms with Gasteiger partial charge in [0.05, 0.1) is 17.0 Å². The predicted molar refractivity (Wildman–Crippen MR) is 92.2 cm³/mol. The Balaban J connectivity index is 1.75. The Bertz CT molecular complexity index is 784. The van der Waals surface area contributed by atoms with Crippen molar-refractivity contribution in [3.63, 3.8) is 0 Å². The summed E-state index contributed by atoms with van der Waals surface area (Å²) in [7, 11) is 0. The van der Waals surface area contributed by atoms with E-state index < -0.39 is 34.6 Å². The maximum atomic E-state index is 12.9. The van der Waals surface area contributed by atoms with E-state index in [9.17, 15) is 23.7 Å². The van der Waals surface area contributed by atoms with Crippen LogP contribution >= 0.6 is 0 Å². The summed E-state index contributed by atoms with van der Waals surface area (Å²) in [5.74, 6) is -0.675. The lowest BCUT2D eigenvalue weighted by Crippen LogP contribution is -2.70. The summed E-state index contributed by atoms with van der Waals surface area (Å²) in [5, 5.41) is 11.0. The number of rotatable bonds is 4. The molecule has 10 heteroatoms. The van der Waals surface area contributed by atoms with Gasteiger partial charge in [0.2, 0.25) is 5.75 Å². The van der Waals surface area contributed by atoms with Crippen LogP contribution in [0, 0.1) is 10.1 Å². The minimum atomic E-state index is -4.29. The summed E-state index contributed by atoms with van der Waals surface area (Å²) in [6.07, 6.45) is 0.409. The van der Waals surface area contributed by atoms with Gasteiger partial charge >= 0.3 is 18.4 Å². The molecule has 0 aliphatic carbocycles. The molecule has 27 heavy (non-hydrogen) atoms. The van der Waals surface area contributed by atoms with Crippen LogP contribution in [0.2, 0.25) is 0 Å². The van der Waals surface area contributed by atoms with Gasteiger partial charge in [0, 0.05) is 30.9 Å².